The van der Waals surface area contributed by atoms with Crippen LogP contribution >= 0.6 is 0 Å². The van der Waals surface area contributed by atoms with Gasteiger partial charge in [0.2, 0.25) is 5.91 Å². The number of carbonyl (C=O) groups excluding carboxylic acids is 3. The average Bonchev–Trinajstić information content (AvgIpc) is 3.03. The molecule has 1 aromatic heterocycles. The molecule has 2 heterocycles. The van der Waals surface area contributed by atoms with Gasteiger partial charge in [0.05, 0.1) is 36.2 Å². The molecule has 3 aromatic rings. The molecule has 1 aliphatic heterocycles. The third-order valence-corrected chi connectivity index (χ3v) is 4.76. The van der Waals surface area contributed by atoms with Crippen LogP contribution in [0.2, 0.25) is 0 Å². The van der Waals surface area contributed by atoms with Crippen LogP contribution in [0.15, 0.2) is 60.9 Å². The second-order valence-electron chi connectivity index (χ2n) is 6.64. The van der Waals surface area contributed by atoms with Gasteiger partial charge in [0.1, 0.15) is 18.6 Å². The lowest BCUT2D eigenvalue weighted by molar-refractivity contribution is -0.121. The minimum Gasteiger partial charge on any atom is -0.497 e. The second kappa shape index (κ2) is 8.12. The largest absolute Gasteiger partial charge is 0.497 e. The fourth-order valence-electron chi connectivity index (χ4n) is 3.19. The van der Waals surface area contributed by atoms with Gasteiger partial charge in [-0.25, -0.2) is 9.97 Å². The number of nitrogens with zero attached hydrogens (tertiary/aromatic N) is 3. The molecule has 1 N–H and O–H groups in total. The molecular formula is C22H18N4O4. The summed E-state index contributed by atoms with van der Waals surface area (Å²) in [4.78, 5) is 46.4. The Balaban J connectivity index is 1.39. The Morgan fingerprint density at radius 2 is 1.67 bits per heavy atom. The number of hydrogen-bond donors (Lipinski definition) is 1. The number of fused-ring (bicyclic) bond motifs is 1. The molecule has 0 fully saturated rings. The van der Waals surface area contributed by atoms with Crippen molar-refractivity contribution in [2.24, 2.45) is 0 Å². The van der Waals surface area contributed by atoms with Crippen molar-refractivity contribution >= 4 is 17.7 Å². The molecule has 0 unspecified atom stereocenters. The van der Waals surface area contributed by atoms with Crippen LogP contribution in [0.1, 0.15) is 26.4 Å². The first-order valence-electron chi connectivity index (χ1n) is 9.24. The number of benzene rings is 2. The summed E-state index contributed by atoms with van der Waals surface area (Å²) in [5.41, 5.74) is 2.83. The van der Waals surface area contributed by atoms with Gasteiger partial charge < -0.3 is 10.1 Å². The predicted molar refractivity (Wildman–Crippen MR) is 108 cm³/mol. The Labute approximate surface area is 172 Å². The second-order valence-corrected chi connectivity index (χ2v) is 6.64. The lowest BCUT2D eigenvalue weighted by atomic mass is 10.1. The highest BCUT2D eigenvalue weighted by Crippen LogP contribution is 2.22. The van der Waals surface area contributed by atoms with E-state index >= 15 is 0 Å². The molecule has 4 rings (SSSR count). The van der Waals surface area contributed by atoms with E-state index in [4.69, 9.17) is 4.74 Å². The van der Waals surface area contributed by atoms with Crippen LogP contribution in [0, 0.1) is 0 Å². The summed E-state index contributed by atoms with van der Waals surface area (Å²) < 4.78 is 5.15. The summed E-state index contributed by atoms with van der Waals surface area (Å²) in [7, 11) is 1.60. The van der Waals surface area contributed by atoms with Gasteiger partial charge in [-0.3, -0.25) is 19.3 Å². The molecule has 0 spiro atoms. The highest BCUT2D eigenvalue weighted by atomic mass is 16.5. The lowest BCUT2D eigenvalue weighted by Crippen LogP contribution is -2.40. The molecule has 8 heteroatoms. The average molecular weight is 402 g/mol. The number of imide groups is 1. The number of rotatable bonds is 6. The van der Waals surface area contributed by atoms with Crippen LogP contribution in [-0.4, -0.2) is 46.2 Å². The topological polar surface area (TPSA) is 101 Å². The van der Waals surface area contributed by atoms with Crippen molar-refractivity contribution < 1.29 is 19.1 Å². The molecule has 0 atom stereocenters. The van der Waals surface area contributed by atoms with Crippen molar-refractivity contribution in [3.63, 3.8) is 0 Å². The van der Waals surface area contributed by atoms with Crippen LogP contribution in [0.25, 0.3) is 11.3 Å². The number of methoxy groups -OCH3 is 1. The fourth-order valence-corrected chi connectivity index (χ4v) is 3.19. The first kappa shape index (κ1) is 19.3. The van der Waals surface area contributed by atoms with E-state index in [1.165, 1.54) is 6.33 Å². The Morgan fingerprint density at radius 3 is 2.30 bits per heavy atom. The smallest absolute Gasteiger partial charge is 0.262 e. The molecule has 0 aliphatic carbocycles. The molecule has 30 heavy (non-hydrogen) atoms. The molecule has 1 aliphatic rings. The van der Waals surface area contributed by atoms with Crippen molar-refractivity contribution in [2.45, 2.75) is 6.54 Å². The maximum Gasteiger partial charge on any atom is 0.262 e. The van der Waals surface area contributed by atoms with Crippen LogP contribution in [-0.2, 0) is 11.3 Å². The Bertz CT molecular complexity index is 1090. The maximum atomic E-state index is 12.4. The van der Waals surface area contributed by atoms with Crippen molar-refractivity contribution in [3.05, 3.63) is 77.7 Å². The number of ether oxygens (including phenoxy) is 1. The number of amides is 3. The number of aromatic nitrogens is 2. The predicted octanol–water partition coefficient (Wildman–Crippen LogP) is 2.06. The molecule has 3 amide bonds. The zero-order chi connectivity index (χ0) is 21.1. The summed E-state index contributed by atoms with van der Waals surface area (Å²) in [6.07, 6.45) is 1.42. The molecule has 0 radical (unpaired) electrons. The molecule has 150 valence electrons. The van der Waals surface area contributed by atoms with E-state index in [-0.39, 0.29) is 13.1 Å². The van der Waals surface area contributed by atoms with Crippen molar-refractivity contribution in [1.29, 1.82) is 0 Å². The van der Waals surface area contributed by atoms with E-state index < -0.39 is 17.7 Å². The third-order valence-electron chi connectivity index (χ3n) is 4.76. The van der Waals surface area contributed by atoms with E-state index in [2.05, 4.69) is 15.3 Å². The molecule has 8 nitrogen and oxygen atoms in total. The maximum absolute atomic E-state index is 12.4. The van der Waals surface area contributed by atoms with Gasteiger partial charge in [0.15, 0.2) is 0 Å². The zero-order valence-electron chi connectivity index (χ0n) is 16.2. The lowest BCUT2D eigenvalue weighted by Gasteiger charge is -2.13. The Kier molecular flexibility index (Phi) is 5.21. The molecule has 0 saturated heterocycles. The van der Waals surface area contributed by atoms with Gasteiger partial charge in [0.25, 0.3) is 11.8 Å². The minimum atomic E-state index is -0.463. The first-order valence-corrected chi connectivity index (χ1v) is 9.24. The van der Waals surface area contributed by atoms with Gasteiger partial charge in [-0.1, -0.05) is 12.1 Å². The van der Waals surface area contributed by atoms with Crippen molar-refractivity contribution in [3.8, 4) is 17.0 Å². The Morgan fingerprint density at radius 1 is 1.00 bits per heavy atom. The normalized spacial score (nSPS) is 12.6. The summed E-state index contributed by atoms with van der Waals surface area (Å²) in [5.74, 6) is -0.633. The van der Waals surface area contributed by atoms with Crippen LogP contribution < -0.4 is 10.1 Å². The number of carbonyl (C=O) groups is 3. The molecule has 0 bridgehead atoms. The van der Waals surface area contributed by atoms with Crippen molar-refractivity contribution in [2.75, 3.05) is 13.7 Å². The van der Waals surface area contributed by atoms with E-state index in [1.54, 1.807) is 37.4 Å². The molecular weight excluding hydrogens is 384 g/mol. The SMILES string of the molecule is COc1ccc(-c2cc(CNC(=O)CN3C(=O)c4ccccc4C3=O)ncn2)cc1. The van der Waals surface area contributed by atoms with Gasteiger partial charge >= 0.3 is 0 Å². The summed E-state index contributed by atoms with van der Waals surface area (Å²) in [6.45, 7) is -0.198. The van der Waals surface area contributed by atoms with E-state index in [0.717, 1.165) is 16.2 Å². The fraction of sp³-hybridized carbons (Fsp3) is 0.136. The standard InChI is InChI=1S/C22H18N4O4/c1-30-16-8-6-14(7-9-16)19-10-15(24-13-25-19)11-23-20(27)12-26-21(28)17-4-2-3-5-18(17)22(26)29/h2-10,13H,11-12H2,1H3,(H,23,27). The van der Waals surface area contributed by atoms with Crippen LogP contribution in [0.4, 0.5) is 0 Å². The van der Waals surface area contributed by atoms with E-state index in [1.807, 2.05) is 24.3 Å². The van der Waals surface area contributed by atoms with Crippen LogP contribution in [0.3, 0.4) is 0 Å². The highest BCUT2D eigenvalue weighted by Gasteiger charge is 2.36. The molecule has 2 aromatic carbocycles. The minimum absolute atomic E-state index is 0.147. The quantitative estimate of drug-likeness (QED) is 0.634. The highest BCUT2D eigenvalue weighted by molar-refractivity contribution is 6.22. The van der Waals surface area contributed by atoms with Crippen LogP contribution in [0.5, 0.6) is 5.75 Å². The summed E-state index contributed by atoms with van der Waals surface area (Å²) >= 11 is 0. The van der Waals surface area contributed by atoms with Gasteiger partial charge in [-0.15, -0.1) is 0 Å². The van der Waals surface area contributed by atoms with E-state index in [9.17, 15) is 14.4 Å². The first-order chi connectivity index (χ1) is 14.6. The van der Waals surface area contributed by atoms with Gasteiger partial charge in [-0.2, -0.15) is 0 Å². The number of nitrogens with one attached hydrogen (secondary N) is 1. The zero-order valence-corrected chi connectivity index (χ0v) is 16.2. The van der Waals surface area contributed by atoms with Gasteiger partial charge in [-0.05, 0) is 42.5 Å². The molecule has 0 saturated carbocycles. The monoisotopic (exact) mass is 402 g/mol. The summed E-state index contributed by atoms with van der Waals surface area (Å²) in [5, 5.41) is 2.70. The summed E-state index contributed by atoms with van der Waals surface area (Å²) in [6, 6.07) is 15.7. The number of hydrogen-bond acceptors (Lipinski definition) is 6. The van der Waals surface area contributed by atoms with E-state index in [0.29, 0.717) is 22.5 Å². The van der Waals surface area contributed by atoms with Gasteiger partial charge in [0, 0.05) is 5.56 Å². The third kappa shape index (κ3) is 3.75. The van der Waals surface area contributed by atoms with Crippen molar-refractivity contribution in [1.82, 2.24) is 20.2 Å². The Hall–Kier alpha value is -4.07.